The normalized spacial score (nSPS) is 10.9. The summed E-state index contributed by atoms with van der Waals surface area (Å²) in [6.45, 7) is 8.73. The maximum atomic E-state index is 3.35. The summed E-state index contributed by atoms with van der Waals surface area (Å²) in [5, 5.41) is 3.35. The summed E-state index contributed by atoms with van der Waals surface area (Å²) in [7, 11) is 2.14. The first-order valence-electron chi connectivity index (χ1n) is 5.49. The zero-order valence-corrected chi connectivity index (χ0v) is 9.85. The molecule has 2 heteroatoms. The number of nitrogens with one attached hydrogen (secondary N) is 1. The van der Waals surface area contributed by atoms with E-state index >= 15 is 0 Å². The molecule has 1 N–H and O–H groups in total. The molecule has 1 aromatic heterocycles. The summed E-state index contributed by atoms with van der Waals surface area (Å²) in [6, 6.07) is 2.31. The molecule has 0 saturated heterocycles. The number of aryl methyl sites for hydroxylation is 2. The van der Waals surface area contributed by atoms with E-state index in [4.69, 9.17) is 0 Å². The van der Waals surface area contributed by atoms with Crippen molar-refractivity contribution in [3.05, 3.63) is 23.0 Å². The van der Waals surface area contributed by atoms with Crippen LogP contribution >= 0.6 is 0 Å². The van der Waals surface area contributed by atoms with E-state index in [0.29, 0.717) is 0 Å². The molecule has 2 nitrogen and oxygen atoms in total. The molecule has 1 rings (SSSR count). The average Bonchev–Trinajstić information content (AvgIpc) is 2.41. The molecule has 0 fully saturated rings. The molecule has 0 spiro atoms. The van der Waals surface area contributed by atoms with Gasteiger partial charge in [-0.05, 0) is 51.4 Å². The van der Waals surface area contributed by atoms with Crippen molar-refractivity contribution in [3.63, 3.8) is 0 Å². The van der Waals surface area contributed by atoms with E-state index in [2.05, 4.69) is 43.8 Å². The molecule has 0 aromatic carbocycles. The van der Waals surface area contributed by atoms with Gasteiger partial charge in [-0.3, -0.25) is 0 Å². The van der Waals surface area contributed by atoms with Crippen LogP contribution in [0, 0.1) is 13.8 Å². The molecule has 0 unspecified atom stereocenters. The second-order valence-corrected chi connectivity index (χ2v) is 3.91. The van der Waals surface area contributed by atoms with E-state index < -0.39 is 0 Å². The van der Waals surface area contributed by atoms with Gasteiger partial charge in [-0.25, -0.2) is 0 Å². The smallest absolute Gasteiger partial charge is 0.0175 e. The van der Waals surface area contributed by atoms with Crippen molar-refractivity contribution in [3.8, 4) is 0 Å². The van der Waals surface area contributed by atoms with Crippen molar-refractivity contribution in [2.45, 2.75) is 33.6 Å². The first-order chi connectivity index (χ1) is 6.66. The second kappa shape index (κ2) is 5.20. The van der Waals surface area contributed by atoms with Gasteiger partial charge in [-0.15, -0.1) is 0 Å². The third kappa shape index (κ3) is 2.61. The van der Waals surface area contributed by atoms with Crippen molar-refractivity contribution in [1.29, 1.82) is 0 Å². The lowest BCUT2D eigenvalue weighted by Gasteiger charge is -2.03. The standard InChI is InChI=1S/C12H22N2/c1-5-13-8-6-7-12-9-10(2)14(4)11(12)3/h9,13H,5-8H2,1-4H3. The maximum Gasteiger partial charge on any atom is 0.0175 e. The Morgan fingerprint density at radius 2 is 2.07 bits per heavy atom. The Labute approximate surface area is 87.3 Å². The van der Waals surface area contributed by atoms with Gasteiger partial charge in [0, 0.05) is 18.4 Å². The highest BCUT2D eigenvalue weighted by molar-refractivity contribution is 5.26. The van der Waals surface area contributed by atoms with Crippen molar-refractivity contribution >= 4 is 0 Å². The monoisotopic (exact) mass is 194 g/mol. The molecule has 0 bridgehead atoms. The van der Waals surface area contributed by atoms with E-state index in [1.165, 1.54) is 29.8 Å². The number of aromatic nitrogens is 1. The van der Waals surface area contributed by atoms with Gasteiger partial charge >= 0.3 is 0 Å². The summed E-state index contributed by atoms with van der Waals surface area (Å²) in [6.07, 6.45) is 2.43. The van der Waals surface area contributed by atoms with Crippen molar-refractivity contribution in [1.82, 2.24) is 9.88 Å². The summed E-state index contributed by atoms with van der Waals surface area (Å²) in [4.78, 5) is 0. The molecule has 0 saturated carbocycles. The SMILES string of the molecule is CCNCCCc1cc(C)n(C)c1C. The Balaban J connectivity index is 2.47. The van der Waals surface area contributed by atoms with Gasteiger partial charge in [0.1, 0.15) is 0 Å². The molecular formula is C12H22N2. The minimum Gasteiger partial charge on any atom is -0.352 e. The fraction of sp³-hybridized carbons (Fsp3) is 0.667. The molecule has 0 aliphatic rings. The van der Waals surface area contributed by atoms with E-state index in [9.17, 15) is 0 Å². The fourth-order valence-corrected chi connectivity index (χ4v) is 1.77. The quantitative estimate of drug-likeness (QED) is 0.711. The molecule has 80 valence electrons. The van der Waals surface area contributed by atoms with Crippen molar-refractivity contribution in [2.24, 2.45) is 7.05 Å². The minimum absolute atomic E-state index is 1.08. The first kappa shape index (κ1) is 11.3. The van der Waals surface area contributed by atoms with Crippen LogP contribution in [-0.2, 0) is 13.5 Å². The van der Waals surface area contributed by atoms with Gasteiger partial charge in [-0.1, -0.05) is 6.92 Å². The topological polar surface area (TPSA) is 17.0 Å². The van der Waals surface area contributed by atoms with Crippen LogP contribution in [0.15, 0.2) is 6.07 Å². The summed E-state index contributed by atoms with van der Waals surface area (Å²) >= 11 is 0. The highest BCUT2D eigenvalue weighted by Gasteiger charge is 2.04. The molecule has 0 atom stereocenters. The highest BCUT2D eigenvalue weighted by atomic mass is 14.9. The molecule has 0 amide bonds. The van der Waals surface area contributed by atoms with E-state index in [0.717, 1.165) is 13.1 Å². The molecule has 0 aliphatic carbocycles. The van der Waals surface area contributed by atoms with Gasteiger partial charge in [0.25, 0.3) is 0 Å². The van der Waals surface area contributed by atoms with E-state index in [1.807, 2.05) is 0 Å². The van der Waals surface area contributed by atoms with Crippen LogP contribution < -0.4 is 5.32 Å². The fourth-order valence-electron chi connectivity index (χ4n) is 1.77. The largest absolute Gasteiger partial charge is 0.352 e. The van der Waals surface area contributed by atoms with Crippen LogP contribution in [0.25, 0.3) is 0 Å². The Morgan fingerprint density at radius 3 is 2.57 bits per heavy atom. The summed E-state index contributed by atoms with van der Waals surface area (Å²) in [5.41, 5.74) is 4.28. The third-order valence-corrected chi connectivity index (χ3v) is 2.93. The Bertz CT molecular complexity index is 287. The van der Waals surface area contributed by atoms with Gasteiger partial charge < -0.3 is 9.88 Å². The lowest BCUT2D eigenvalue weighted by Crippen LogP contribution is -2.14. The zero-order valence-electron chi connectivity index (χ0n) is 9.85. The Morgan fingerprint density at radius 1 is 1.36 bits per heavy atom. The van der Waals surface area contributed by atoms with Crippen molar-refractivity contribution in [2.75, 3.05) is 13.1 Å². The zero-order chi connectivity index (χ0) is 10.6. The second-order valence-electron chi connectivity index (χ2n) is 3.91. The highest BCUT2D eigenvalue weighted by Crippen LogP contribution is 2.14. The molecule has 1 aromatic rings. The predicted molar refractivity (Wildman–Crippen MR) is 61.8 cm³/mol. The third-order valence-electron chi connectivity index (χ3n) is 2.93. The Hall–Kier alpha value is -0.760. The maximum absolute atomic E-state index is 3.35. The van der Waals surface area contributed by atoms with Crippen LogP contribution in [0.3, 0.4) is 0 Å². The molecule has 0 radical (unpaired) electrons. The number of hydrogen-bond donors (Lipinski definition) is 1. The minimum atomic E-state index is 1.08. The lowest BCUT2D eigenvalue weighted by molar-refractivity contribution is 0.670. The molecule has 1 heterocycles. The number of nitrogens with zero attached hydrogens (tertiary/aromatic N) is 1. The lowest BCUT2D eigenvalue weighted by atomic mass is 10.1. The van der Waals surface area contributed by atoms with Gasteiger partial charge in [0.15, 0.2) is 0 Å². The molecule has 0 aliphatic heterocycles. The Kier molecular flexibility index (Phi) is 4.21. The van der Waals surface area contributed by atoms with Crippen LogP contribution in [-0.4, -0.2) is 17.7 Å². The van der Waals surface area contributed by atoms with Gasteiger partial charge in [-0.2, -0.15) is 0 Å². The number of rotatable bonds is 5. The van der Waals surface area contributed by atoms with E-state index in [1.54, 1.807) is 0 Å². The average molecular weight is 194 g/mol. The molecule has 14 heavy (non-hydrogen) atoms. The number of hydrogen-bond acceptors (Lipinski definition) is 1. The van der Waals surface area contributed by atoms with Crippen molar-refractivity contribution < 1.29 is 0 Å². The van der Waals surface area contributed by atoms with Crippen LogP contribution in [0.2, 0.25) is 0 Å². The first-order valence-corrected chi connectivity index (χ1v) is 5.49. The van der Waals surface area contributed by atoms with Gasteiger partial charge in [0.05, 0.1) is 0 Å². The predicted octanol–water partition coefficient (Wildman–Crippen LogP) is 2.18. The van der Waals surface area contributed by atoms with Crippen LogP contribution in [0.1, 0.15) is 30.3 Å². The summed E-state index contributed by atoms with van der Waals surface area (Å²) in [5.74, 6) is 0. The summed E-state index contributed by atoms with van der Waals surface area (Å²) < 4.78 is 2.27. The molecular weight excluding hydrogens is 172 g/mol. The van der Waals surface area contributed by atoms with E-state index in [-0.39, 0.29) is 0 Å². The van der Waals surface area contributed by atoms with Crippen LogP contribution in [0.5, 0.6) is 0 Å². The van der Waals surface area contributed by atoms with Gasteiger partial charge in [0.2, 0.25) is 0 Å². The van der Waals surface area contributed by atoms with Crippen LogP contribution in [0.4, 0.5) is 0 Å².